The maximum atomic E-state index is 13.3. The normalized spacial score (nSPS) is 10.5. The van der Waals surface area contributed by atoms with Crippen molar-refractivity contribution in [1.29, 1.82) is 0 Å². The quantitative estimate of drug-likeness (QED) is 0.886. The minimum Gasteiger partial charge on any atom is -0.417 e. The fraction of sp³-hybridized carbons (Fsp3) is 0.250. The fourth-order valence-corrected chi connectivity index (χ4v) is 1.34. The fourth-order valence-electron chi connectivity index (χ4n) is 1.34. The number of aromatic nitrogens is 1. The molecule has 5 heteroatoms. The van der Waals surface area contributed by atoms with Gasteiger partial charge in [0.2, 0.25) is 0 Å². The lowest BCUT2D eigenvalue weighted by atomic mass is 10.2. The van der Waals surface area contributed by atoms with Gasteiger partial charge in [-0.3, -0.25) is 0 Å². The summed E-state index contributed by atoms with van der Waals surface area (Å²) in [5.41, 5.74) is 1.30. The van der Waals surface area contributed by atoms with Gasteiger partial charge in [-0.25, -0.2) is 4.39 Å². The van der Waals surface area contributed by atoms with E-state index < -0.39 is 0 Å². The number of nitrogens with one attached hydrogen (secondary N) is 1. The predicted octanol–water partition coefficient (Wildman–Crippen LogP) is 2.63. The number of ether oxygens (including phenoxy) is 1. The molecule has 0 amide bonds. The van der Waals surface area contributed by atoms with Crippen molar-refractivity contribution in [3.8, 4) is 11.8 Å². The minimum absolute atomic E-state index is 0.110. The molecule has 4 nitrogen and oxygen atoms in total. The molecule has 0 saturated heterocycles. The molecule has 1 aromatic carbocycles. The molecule has 1 aromatic heterocycles. The Hall–Kier alpha value is -1.88. The summed E-state index contributed by atoms with van der Waals surface area (Å²) >= 11 is 0. The molecule has 0 radical (unpaired) electrons. The van der Waals surface area contributed by atoms with E-state index in [1.165, 1.54) is 12.3 Å². The second-order valence-electron chi connectivity index (χ2n) is 3.65. The number of halogens is 1. The zero-order chi connectivity index (χ0) is 12.3. The standard InChI is InChI=1S/C12H13FN2O2/c1-8-3-4-10(5-11(8)13)17-12-15-9(6-14-2)7-16-12/h3-5,7,14H,6H2,1-2H3. The first-order valence-electron chi connectivity index (χ1n) is 5.22. The summed E-state index contributed by atoms with van der Waals surface area (Å²) in [6, 6.07) is 4.61. The molecule has 0 unspecified atom stereocenters. The Balaban J connectivity index is 2.11. The largest absolute Gasteiger partial charge is 0.417 e. The molecule has 1 heterocycles. The first kappa shape index (κ1) is 11.6. The molecular weight excluding hydrogens is 223 g/mol. The van der Waals surface area contributed by atoms with Crippen molar-refractivity contribution < 1.29 is 13.5 Å². The third kappa shape index (κ3) is 2.82. The average molecular weight is 236 g/mol. The molecule has 2 aromatic rings. The molecule has 0 bridgehead atoms. The molecule has 0 fully saturated rings. The summed E-state index contributed by atoms with van der Waals surface area (Å²) in [7, 11) is 1.81. The monoisotopic (exact) mass is 236 g/mol. The minimum atomic E-state index is -0.315. The maximum absolute atomic E-state index is 13.3. The van der Waals surface area contributed by atoms with Crippen molar-refractivity contribution in [3.05, 3.63) is 41.5 Å². The van der Waals surface area contributed by atoms with Crippen LogP contribution in [0.1, 0.15) is 11.3 Å². The zero-order valence-electron chi connectivity index (χ0n) is 9.66. The lowest BCUT2D eigenvalue weighted by Crippen LogP contribution is -2.04. The third-order valence-corrected chi connectivity index (χ3v) is 2.24. The van der Waals surface area contributed by atoms with Gasteiger partial charge in [-0.1, -0.05) is 6.07 Å². The number of nitrogens with zero attached hydrogens (tertiary/aromatic N) is 1. The smallest absolute Gasteiger partial charge is 0.399 e. The van der Waals surface area contributed by atoms with Gasteiger partial charge in [-0.2, -0.15) is 4.98 Å². The molecule has 17 heavy (non-hydrogen) atoms. The van der Waals surface area contributed by atoms with Crippen LogP contribution in [0, 0.1) is 12.7 Å². The summed E-state index contributed by atoms with van der Waals surface area (Å²) in [6.07, 6.45) is 1.61. The highest BCUT2D eigenvalue weighted by Crippen LogP contribution is 2.22. The maximum Gasteiger partial charge on any atom is 0.399 e. The van der Waals surface area contributed by atoms with Crippen LogP contribution in [-0.4, -0.2) is 12.0 Å². The van der Waals surface area contributed by atoms with Crippen molar-refractivity contribution in [1.82, 2.24) is 10.3 Å². The van der Waals surface area contributed by atoms with Crippen LogP contribution in [0.2, 0.25) is 0 Å². The van der Waals surface area contributed by atoms with Crippen molar-refractivity contribution in [2.75, 3.05) is 7.05 Å². The highest BCUT2D eigenvalue weighted by Gasteiger charge is 2.07. The second-order valence-corrected chi connectivity index (χ2v) is 3.65. The average Bonchev–Trinajstić information content (AvgIpc) is 2.72. The summed E-state index contributed by atoms with van der Waals surface area (Å²) in [6.45, 7) is 2.28. The lowest BCUT2D eigenvalue weighted by molar-refractivity contribution is 0.329. The molecule has 0 saturated carbocycles. The van der Waals surface area contributed by atoms with Crippen LogP contribution in [0.15, 0.2) is 28.9 Å². The van der Waals surface area contributed by atoms with Gasteiger partial charge in [-0.15, -0.1) is 0 Å². The molecule has 90 valence electrons. The van der Waals surface area contributed by atoms with Gasteiger partial charge in [0.05, 0.1) is 5.69 Å². The molecule has 0 aliphatic carbocycles. The van der Waals surface area contributed by atoms with Crippen molar-refractivity contribution >= 4 is 0 Å². The number of aryl methyl sites for hydroxylation is 1. The Kier molecular flexibility index (Phi) is 3.39. The van der Waals surface area contributed by atoms with E-state index in [2.05, 4.69) is 10.3 Å². The topological polar surface area (TPSA) is 47.3 Å². The lowest BCUT2D eigenvalue weighted by Gasteiger charge is -2.01. The SMILES string of the molecule is CNCc1coc(Oc2ccc(C)c(F)c2)n1. The van der Waals surface area contributed by atoms with Gasteiger partial charge in [0.15, 0.2) is 0 Å². The van der Waals surface area contributed by atoms with Crippen molar-refractivity contribution in [3.63, 3.8) is 0 Å². The summed E-state index contributed by atoms with van der Waals surface area (Å²) < 4.78 is 23.7. The number of oxazole rings is 1. The number of hydrogen-bond donors (Lipinski definition) is 1. The third-order valence-electron chi connectivity index (χ3n) is 2.24. The second kappa shape index (κ2) is 4.97. The molecule has 0 aliphatic heterocycles. The van der Waals surface area contributed by atoms with E-state index in [0.717, 1.165) is 5.69 Å². The highest BCUT2D eigenvalue weighted by molar-refractivity contribution is 5.29. The van der Waals surface area contributed by atoms with Gasteiger partial charge in [0.1, 0.15) is 17.8 Å². The van der Waals surface area contributed by atoms with Gasteiger partial charge < -0.3 is 14.5 Å². The van der Waals surface area contributed by atoms with E-state index in [4.69, 9.17) is 9.15 Å². The first-order chi connectivity index (χ1) is 8.19. The van der Waals surface area contributed by atoms with Gasteiger partial charge >= 0.3 is 6.08 Å². The molecule has 0 aliphatic rings. The van der Waals surface area contributed by atoms with Crippen LogP contribution in [0.5, 0.6) is 11.8 Å². The van der Waals surface area contributed by atoms with Crippen molar-refractivity contribution in [2.24, 2.45) is 0 Å². The Morgan fingerprint density at radius 2 is 2.29 bits per heavy atom. The van der Waals surface area contributed by atoms with Gasteiger partial charge in [0, 0.05) is 12.6 Å². The summed E-state index contributed by atoms with van der Waals surface area (Å²) in [5, 5.41) is 2.94. The Morgan fingerprint density at radius 1 is 1.47 bits per heavy atom. The predicted molar refractivity (Wildman–Crippen MR) is 60.5 cm³/mol. The van der Waals surface area contributed by atoms with Crippen LogP contribution in [0.25, 0.3) is 0 Å². The zero-order valence-corrected chi connectivity index (χ0v) is 9.66. The summed E-state index contributed by atoms with van der Waals surface area (Å²) in [5.74, 6) is 0.0514. The number of benzene rings is 1. The van der Waals surface area contributed by atoms with Crippen LogP contribution in [0.3, 0.4) is 0 Å². The Labute approximate surface area is 98.4 Å². The molecule has 2 rings (SSSR count). The van der Waals surface area contributed by atoms with E-state index in [1.807, 2.05) is 7.05 Å². The highest BCUT2D eigenvalue weighted by atomic mass is 19.1. The van der Waals surface area contributed by atoms with E-state index in [0.29, 0.717) is 17.9 Å². The van der Waals surface area contributed by atoms with E-state index in [1.54, 1.807) is 19.1 Å². The van der Waals surface area contributed by atoms with Gasteiger partial charge in [0.25, 0.3) is 0 Å². The van der Waals surface area contributed by atoms with Crippen molar-refractivity contribution in [2.45, 2.75) is 13.5 Å². The molecule has 0 atom stereocenters. The van der Waals surface area contributed by atoms with Gasteiger partial charge in [-0.05, 0) is 25.6 Å². The molecule has 0 spiro atoms. The molecular formula is C12H13FN2O2. The van der Waals surface area contributed by atoms with Crippen LogP contribution in [0.4, 0.5) is 4.39 Å². The first-order valence-corrected chi connectivity index (χ1v) is 5.22. The Morgan fingerprint density at radius 3 is 3.00 bits per heavy atom. The van der Waals surface area contributed by atoms with E-state index in [-0.39, 0.29) is 11.9 Å². The summed E-state index contributed by atoms with van der Waals surface area (Å²) in [4.78, 5) is 4.07. The van der Waals surface area contributed by atoms with E-state index in [9.17, 15) is 4.39 Å². The van der Waals surface area contributed by atoms with E-state index >= 15 is 0 Å². The number of rotatable bonds is 4. The molecule has 1 N–H and O–H groups in total. The van der Waals surface area contributed by atoms with Crippen LogP contribution < -0.4 is 10.1 Å². The van der Waals surface area contributed by atoms with Crippen LogP contribution in [-0.2, 0) is 6.54 Å². The number of hydrogen-bond acceptors (Lipinski definition) is 4. The van der Waals surface area contributed by atoms with Crippen LogP contribution >= 0.6 is 0 Å². The Bertz CT molecular complexity index is 511.